The van der Waals surface area contributed by atoms with E-state index in [-0.39, 0.29) is 35.6 Å². The number of fused-ring (bicyclic) bond motifs is 6. The zero-order valence-corrected chi connectivity index (χ0v) is 21.2. The summed E-state index contributed by atoms with van der Waals surface area (Å²) in [6.45, 7) is 3.39. The second kappa shape index (κ2) is 8.89. The van der Waals surface area contributed by atoms with Gasteiger partial charge in [-0.15, -0.1) is 0 Å². The van der Waals surface area contributed by atoms with Gasteiger partial charge in [0.2, 0.25) is 17.7 Å². The summed E-state index contributed by atoms with van der Waals surface area (Å²) in [6, 6.07) is 8.39. The molecule has 8 heteroatoms. The molecule has 8 nitrogen and oxygen atoms in total. The van der Waals surface area contributed by atoms with Crippen LogP contribution in [0.3, 0.4) is 0 Å². The molecule has 2 bridgehead atoms. The Balaban J connectivity index is 0.966. The molecule has 2 N–H and O–H groups in total. The van der Waals surface area contributed by atoms with Crippen LogP contribution in [0, 0.1) is 35.5 Å². The highest BCUT2D eigenvalue weighted by molar-refractivity contribution is 6.06. The number of hydrogen-bond donors (Lipinski definition) is 2. The first-order valence-electron chi connectivity index (χ1n) is 14.3. The van der Waals surface area contributed by atoms with Crippen LogP contribution in [-0.2, 0) is 20.8 Å². The second-order valence-corrected chi connectivity index (χ2v) is 12.4. The molecule has 0 radical (unpaired) electrons. The Morgan fingerprint density at radius 1 is 0.811 bits per heavy atom. The fraction of sp³-hybridized carbons (Fsp3) is 0.690. The Hall–Kier alpha value is -2.29. The van der Waals surface area contributed by atoms with E-state index >= 15 is 0 Å². The molecule has 3 amide bonds. The summed E-state index contributed by atoms with van der Waals surface area (Å²) in [5, 5.41) is 20.7. The minimum atomic E-state index is -0.880. The molecule has 3 saturated carbocycles. The second-order valence-electron chi connectivity index (χ2n) is 12.4. The smallest absolute Gasteiger partial charge is 0.233 e. The number of nitrogens with zero attached hydrogens (tertiary/aromatic N) is 3. The number of piperidine rings is 1. The third-order valence-corrected chi connectivity index (χ3v) is 10.7. The number of para-hydroxylation sites is 1. The fourth-order valence-electron chi connectivity index (χ4n) is 8.87. The average Bonchev–Trinajstić information content (AvgIpc) is 3.68. The third-order valence-electron chi connectivity index (χ3n) is 10.7. The number of anilines is 1. The van der Waals surface area contributed by atoms with E-state index in [9.17, 15) is 24.6 Å². The Morgan fingerprint density at radius 3 is 2.11 bits per heavy atom. The highest BCUT2D eigenvalue weighted by Crippen LogP contribution is 2.56. The van der Waals surface area contributed by atoms with Gasteiger partial charge >= 0.3 is 0 Å². The molecule has 37 heavy (non-hydrogen) atoms. The number of likely N-dealkylation sites (tertiary alicyclic amines) is 2. The lowest BCUT2D eigenvalue weighted by atomic mass is 9.78. The number of hydrogen-bond acceptors (Lipinski definition) is 6. The average molecular weight is 508 g/mol. The van der Waals surface area contributed by atoms with Gasteiger partial charge in [-0.2, -0.15) is 0 Å². The maximum absolute atomic E-state index is 13.3. The van der Waals surface area contributed by atoms with Crippen LogP contribution in [0.15, 0.2) is 24.3 Å². The Labute approximate surface area is 217 Å². The van der Waals surface area contributed by atoms with Crippen LogP contribution in [0.5, 0.6) is 0 Å². The molecule has 2 saturated heterocycles. The Morgan fingerprint density at radius 2 is 1.43 bits per heavy atom. The lowest BCUT2D eigenvalue weighted by molar-refractivity contribution is -0.142. The number of benzene rings is 1. The molecule has 3 heterocycles. The molecule has 6 unspecified atom stereocenters. The van der Waals surface area contributed by atoms with Crippen LogP contribution in [0.2, 0.25) is 0 Å². The number of amides is 3. The lowest BCUT2D eigenvalue weighted by Crippen LogP contribution is -2.48. The van der Waals surface area contributed by atoms with Crippen molar-refractivity contribution in [1.82, 2.24) is 9.80 Å². The van der Waals surface area contributed by atoms with Crippen LogP contribution in [0.4, 0.5) is 5.69 Å². The summed E-state index contributed by atoms with van der Waals surface area (Å²) >= 11 is 0. The van der Waals surface area contributed by atoms with Crippen molar-refractivity contribution in [2.75, 3.05) is 31.1 Å². The summed E-state index contributed by atoms with van der Waals surface area (Å²) in [5.74, 6) is -0.673. The van der Waals surface area contributed by atoms with Crippen molar-refractivity contribution < 1.29 is 24.6 Å². The zero-order valence-electron chi connectivity index (χ0n) is 21.2. The summed E-state index contributed by atoms with van der Waals surface area (Å²) < 4.78 is 0. The molecule has 1 aromatic rings. The summed E-state index contributed by atoms with van der Waals surface area (Å²) in [6.07, 6.45) is 4.54. The van der Waals surface area contributed by atoms with E-state index in [1.165, 1.54) is 4.90 Å². The maximum Gasteiger partial charge on any atom is 0.233 e. The highest BCUT2D eigenvalue weighted by atomic mass is 16.3. The Bertz CT molecular complexity index is 1080. The summed E-state index contributed by atoms with van der Waals surface area (Å²) in [5.41, 5.74) is 2.22. The van der Waals surface area contributed by atoms with E-state index < -0.39 is 24.0 Å². The van der Waals surface area contributed by atoms with Gasteiger partial charge in [-0.25, -0.2) is 0 Å². The first-order valence-corrected chi connectivity index (χ1v) is 14.3. The molecular formula is C29H37N3O5. The van der Waals surface area contributed by atoms with Crippen molar-refractivity contribution >= 4 is 23.4 Å². The molecule has 6 aliphatic rings. The van der Waals surface area contributed by atoms with Gasteiger partial charge in [0.1, 0.15) is 0 Å². The van der Waals surface area contributed by atoms with Gasteiger partial charge in [-0.05, 0) is 55.6 Å². The highest BCUT2D eigenvalue weighted by Gasteiger charge is 2.67. The predicted octanol–water partition coefficient (Wildman–Crippen LogP) is 1.43. The summed E-state index contributed by atoms with van der Waals surface area (Å²) in [4.78, 5) is 45.3. The normalized spacial score (nSPS) is 39.8. The first-order chi connectivity index (χ1) is 17.9. The molecular weight excluding hydrogens is 470 g/mol. The topological polar surface area (TPSA) is 101 Å². The minimum Gasteiger partial charge on any atom is -0.390 e. The molecule has 198 valence electrons. The standard InChI is InChI=1S/C29H37N3O5/c33-23-12-16-4-1-2-7-22(16)32(23)19-8-10-30(11-9-19)14-17-5-3-6-18(17)15-31-28(36)24-20-13-21(25(24)29(31)37)27(35)26(20)34/h1-2,4,7,17-21,24-27,34-35H,3,5-6,8-15H2/t17-,18-,20?,21?,24?,25?,26?,27?/m1/s1. The number of aliphatic hydroxyl groups is 2. The van der Waals surface area contributed by atoms with E-state index in [0.29, 0.717) is 31.2 Å². The van der Waals surface area contributed by atoms with Crippen molar-refractivity contribution in [3.8, 4) is 0 Å². The molecule has 1 aromatic carbocycles. The van der Waals surface area contributed by atoms with Crippen LogP contribution < -0.4 is 4.90 Å². The van der Waals surface area contributed by atoms with E-state index in [2.05, 4.69) is 17.0 Å². The number of carbonyl (C=O) groups excluding carboxylic acids is 3. The molecule has 3 aliphatic heterocycles. The monoisotopic (exact) mass is 507 g/mol. The van der Waals surface area contributed by atoms with Gasteiger partial charge in [-0.1, -0.05) is 24.6 Å². The Kier molecular flexibility index (Phi) is 5.72. The molecule has 0 spiro atoms. The van der Waals surface area contributed by atoms with Crippen molar-refractivity contribution in [3.63, 3.8) is 0 Å². The van der Waals surface area contributed by atoms with Crippen molar-refractivity contribution in [1.29, 1.82) is 0 Å². The van der Waals surface area contributed by atoms with Crippen LogP contribution in [0.25, 0.3) is 0 Å². The van der Waals surface area contributed by atoms with Crippen LogP contribution >= 0.6 is 0 Å². The van der Waals surface area contributed by atoms with Gasteiger partial charge in [0.15, 0.2) is 0 Å². The number of imide groups is 1. The molecule has 5 fully saturated rings. The van der Waals surface area contributed by atoms with Gasteiger partial charge in [0.05, 0.1) is 30.5 Å². The minimum absolute atomic E-state index is 0.115. The van der Waals surface area contributed by atoms with Crippen LogP contribution in [0.1, 0.15) is 44.1 Å². The SMILES string of the molecule is O=C1C2C3CC(C(O)C3O)C2C(=O)N1C[C@H]1CCC[C@@H]1CN1CCC(N2C(=O)Cc3ccccc32)CC1. The van der Waals surface area contributed by atoms with Crippen molar-refractivity contribution in [2.24, 2.45) is 35.5 Å². The quantitative estimate of drug-likeness (QED) is 0.585. The summed E-state index contributed by atoms with van der Waals surface area (Å²) in [7, 11) is 0. The molecule has 0 aromatic heterocycles. The van der Waals surface area contributed by atoms with Crippen molar-refractivity contribution in [3.05, 3.63) is 29.8 Å². The largest absolute Gasteiger partial charge is 0.390 e. The molecule has 7 rings (SSSR count). The van der Waals surface area contributed by atoms with E-state index in [1.807, 2.05) is 17.0 Å². The molecule has 3 aliphatic carbocycles. The predicted molar refractivity (Wildman–Crippen MR) is 135 cm³/mol. The van der Waals surface area contributed by atoms with Gasteiger partial charge in [-0.3, -0.25) is 19.3 Å². The number of rotatable bonds is 5. The van der Waals surface area contributed by atoms with E-state index in [4.69, 9.17) is 0 Å². The van der Waals surface area contributed by atoms with Gasteiger partial charge in [0.25, 0.3) is 0 Å². The van der Waals surface area contributed by atoms with E-state index in [1.54, 1.807) is 0 Å². The number of carbonyl (C=O) groups is 3. The zero-order chi connectivity index (χ0) is 25.4. The van der Waals surface area contributed by atoms with E-state index in [0.717, 1.165) is 63.0 Å². The molecule has 8 atom stereocenters. The maximum atomic E-state index is 13.3. The van der Waals surface area contributed by atoms with Crippen LogP contribution in [-0.4, -0.2) is 82.2 Å². The lowest BCUT2D eigenvalue weighted by Gasteiger charge is -2.38. The third kappa shape index (κ3) is 3.62. The van der Waals surface area contributed by atoms with Gasteiger partial charge < -0.3 is 20.0 Å². The van der Waals surface area contributed by atoms with Crippen molar-refractivity contribution in [2.45, 2.75) is 63.2 Å². The fourth-order valence-corrected chi connectivity index (χ4v) is 8.87. The first kappa shape index (κ1) is 23.8. The van der Waals surface area contributed by atoms with Gasteiger partial charge in [0, 0.05) is 49.7 Å². The number of aliphatic hydroxyl groups excluding tert-OH is 2.